The number of anilines is 1. The Hall–Kier alpha value is -2.51. The van der Waals surface area contributed by atoms with Gasteiger partial charge in [0.2, 0.25) is 0 Å². The SMILES string of the molecule is N#Cc1c(F)cccc1NCc1c(Cl)oc2ccccc12. The minimum atomic E-state index is -0.550. The largest absolute Gasteiger partial charge is 0.444 e. The molecular formula is C16H10ClFN2O. The maximum atomic E-state index is 13.5. The van der Waals surface area contributed by atoms with Gasteiger partial charge in [0.25, 0.3) is 0 Å². The Kier molecular flexibility index (Phi) is 3.51. The molecule has 3 nitrogen and oxygen atoms in total. The van der Waals surface area contributed by atoms with E-state index in [0.717, 1.165) is 10.9 Å². The van der Waals surface area contributed by atoms with E-state index in [1.165, 1.54) is 6.07 Å². The van der Waals surface area contributed by atoms with Crippen LogP contribution in [0.5, 0.6) is 0 Å². The van der Waals surface area contributed by atoms with E-state index in [9.17, 15) is 4.39 Å². The number of hydrogen-bond donors (Lipinski definition) is 1. The molecule has 0 unspecified atom stereocenters. The lowest BCUT2D eigenvalue weighted by atomic mass is 10.1. The van der Waals surface area contributed by atoms with Crippen molar-refractivity contribution in [3.8, 4) is 6.07 Å². The Bertz CT molecular complexity index is 851. The van der Waals surface area contributed by atoms with E-state index in [1.807, 2.05) is 30.3 Å². The molecule has 0 saturated carbocycles. The third-order valence-electron chi connectivity index (χ3n) is 3.23. The lowest BCUT2D eigenvalue weighted by molar-refractivity contribution is 0.613. The fourth-order valence-corrected chi connectivity index (χ4v) is 2.45. The van der Waals surface area contributed by atoms with Crippen LogP contribution in [0.4, 0.5) is 10.1 Å². The Labute approximate surface area is 125 Å². The molecule has 1 heterocycles. The number of para-hydroxylation sites is 1. The third kappa shape index (κ3) is 2.44. The summed E-state index contributed by atoms with van der Waals surface area (Å²) in [5.41, 5.74) is 1.89. The number of nitrogens with one attached hydrogen (secondary N) is 1. The maximum Gasteiger partial charge on any atom is 0.199 e. The van der Waals surface area contributed by atoms with E-state index >= 15 is 0 Å². The topological polar surface area (TPSA) is 49.0 Å². The van der Waals surface area contributed by atoms with E-state index in [-0.39, 0.29) is 5.56 Å². The smallest absolute Gasteiger partial charge is 0.199 e. The average Bonchev–Trinajstić information content (AvgIpc) is 2.80. The summed E-state index contributed by atoms with van der Waals surface area (Å²) in [5.74, 6) is -0.550. The summed E-state index contributed by atoms with van der Waals surface area (Å²) in [7, 11) is 0. The van der Waals surface area contributed by atoms with Crippen molar-refractivity contribution in [1.82, 2.24) is 0 Å². The summed E-state index contributed by atoms with van der Waals surface area (Å²) in [6.07, 6.45) is 0. The third-order valence-corrected chi connectivity index (χ3v) is 3.54. The molecule has 1 aromatic heterocycles. The molecule has 2 aromatic carbocycles. The molecule has 5 heteroatoms. The summed E-state index contributed by atoms with van der Waals surface area (Å²) in [6.45, 7) is 0.341. The number of fused-ring (bicyclic) bond motifs is 1. The van der Waals surface area contributed by atoms with Crippen molar-refractivity contribution in [2.75, 3.05) is 5.32 Å². The maximum absolute atomic E-state index is 13.5. The van der Waals surface area contributed by atoms with Gasteiger partial charge in [-0.1, -0.05) is 24.3 Å². The second-order valence-electron chi connectivity index (χ2n) is 4.48. The second kappa shape index (κ2) is 5.47. The molecule has 0 amide bonds. The predicted octanol–water partition coefficient (Wildman–Crippen LogP) is 4.71. The van der Waals surface area contributed by atoms with Gasteiger partial charge in [0.15, 0.2) is 5.22 Å². The van der Waals surface area contributed by atoms with Crippen molar-refractivity contribution >= 4 is 28.3 Å². The molecule has 0 bridgehead atoms. The number of furan rings is 1. The first-order chi connectivity index (χ1) is 10.2. The van der Waals surface area contributed by atoms with Gasteiger partial charge in [0.05, 0.1) is 5.69 Å². The quantitative estimate of drug-likeness (QED) is 0.762. The van der Waals surface area contributed by atoms with Crippen LogP contribution in [0, 0.1) is 17.1 Å². The van der Waals surface area contributed by atoms with Gasteiger partial charge in [-0.05, 0) is 29.8 Å². The van der Waals surface area contributed by atoms with Crippen LogP contribution in [-0.2, 0) is 6.54 Å². The van der Waals surface area contributed by atoms with E-state index < -0.39 is 5.82 Å². The van der Waals surface area contributed by atoms with Crippen molar-refractivity contribution in [3.63, 3.8) is 0 Å². The van der Waals surface area contributed by atoms with Crippen LogP contribution in [-0.4, -0.2) is 0 Å². The van der Waals surface area contributed by atoms with Crippen LogP contribution < -0.4 is 5.32 Å². The molecule has 3 aromatic rings. The Morgan fingerprint density at radius 3 is 2.81 bits per heavy atom. The fourth-order valence-electron chi connectivity index (χ4n) is 2.20. The van der Waals surface area contributed by atoms with Gasteiger partial charge in [-0.15, -0.1) is 0 Å². The Morgan fingerprint density at radius 2 is 2.00 bits per heavy atom. The first kappa shape index (κ1) is 13.5. The molecule has 0 fully saturated rings. The monoisotopic (exact) mass is 300 g/mol. The molecule has 0 spiro atoms. The molecule has 0 saturated heterocycles. The standard InChI is InChI=1S/C16H10ClFN2O/c17-16-12(10-4-1-2-7-15(10)21-16)9-20-14-6-3-5-13(18)11(14)8-19/h1-7,20H,9H2. The van der Waals surface area contributed by atoms with Gasteiger partial charge in [0.1, 0.15) is 23.0 Å². The van der Waals surface area contributed by atoms with Gasteiger partial charge < -0.3 is 9.73 Å². The van der Waals surface area contributed by atoms with Crippen LogP contribution >= 0.6 is 11.6 Å². The molecule has 0 aliphatic heterocycles. The highest BCUT2D eigenvalue weighted by atomic mass is 35.5. The van der Waals surface area contributed by atoms with Crippen LogP contribution in [0.1, 0.15) is 11.1 Å². The summed E-state index contributed by atoms with van der Waals surface area (Å²) >= 11 is 6.09. The highest BCUT2D eigenvalue weighted by Crippen LogP contribution is 2.30. The zero-order valence-electron chi connectivity index (χ0n) is 10.9. The molecule has 0 aliphatic carbocycles. The number of benzene rings is 2. The normalized spacial score (nSPS) is 10.5. The zero-order chi connectivity index (χ0) is 14.8. The minimum absolute atomic E-state index is 0.0126. The van der Waals surface area contributed by atoms with E-state index in [1.54, 1.807) is 12.1 Å². The van der Waals surface area contributed by atoms with E-state index in [4.69, 9.17) is 21.3 Å². The Balaban J connectivity index is 1.93. The van der Waals surface area contributed by atoms with Crippen LogP contribution in [0.15, 0.2) is 46.9 Å². The number of nitriles is 1. The van der Waals surface area contributed by atoms with Crippen molar-refractivity contribution in [3.05, 3.63) is 64.6 Å². The molecule has 0 aliphatic rings. The minimum Gasteiger partial charge on any atom is -0.444 e. The van der Waals surface area contributed by atoms with Gasteiger partial charge in [-0.3, -0.25) is 0 Å². The lowest BCUT2D eigenvalue weighted by Gasteiger charge is -2.08. The van der Waals surface area contributed by atoms with Crippen LogP contribution in [0.2, 0.25) is 5.22 Å². The second-order valence-corrected chi connectivity index (χ2v) is 4.82. The van der Waals surface area contributed by atoms with Crippen molar-refractivity contribution in [2.24, 2.45) is 0 Å². The highest BCUT2D eigenvalue weighted by Gasteiger charge is 2.13. The molecule has 104 valence electrons. The molecule has 0 atom stereocenters. The zero-order valence-corrected chi connectivity index (χ0v) is 11.6. The van der Waals surface area contributed by atoms with E-state index in [2.05, 4.69) is 5.32 Å². The first-order valence-corrected chi connectivity index (χ1v) is 6.67. The number of nitrogens with zero attached hydrogens (tertiary/aromatic N) is 1. The molecule has 21 heavy (non-hydrogen) atoms. The van der Waals surface area contributed by atoms with Crippen molar-refractivity contribution in [2.45, 2.75) is 6.54 Å². The van der Waals surface area contributed by atoms with E-state index in [0.29, 0.717) is 23.0 Å². The highest BCUT2D eigenvalue weighted by molar-refractivity contribution is 6.30. The summed E-state index contributed by atoms with van der Waals surface area (Å²) < 4.78 is 19.0. The molecule has 0 radical (unpaired) electrons. The van der Waals surface area contributed by atoms with Crippen molar-refractivity contribution in [1.29, 1.82) is 5.26 Å². The van der Waals surface area contributed by atoms with Gasteiger partial charge in [-0.25, -0.2) is 4.39 Å². The number of hydrogen-bond acceptors (Lipinski definition) is 3. The van der Waals surface area contributed by atoms with Crippen LogP contribution in [0.3, 0.4) is 0 Å². The van der Waals surface area contributed by atoms with Gasteiger partial charge in [-0.2, -0.15) is 5.26 Å². The predicted molar refractivity (Wildman–Crippen MR) is 79.7 cm³/mol. The summed E-state index contributed by atoms with van der Waals surface area (Å²) in [4.78, 5) is 0. The first-order valence-electron chi connectivity index (χ1n) is 6.29. The fraction of sp³-hybridized carbons (Fsp3) is 0.0625. The lowest BCUT2D eigenvalue weighted by Crippen LogP contribution is -2.02. The van der Waals surface area contributed by atoms with Gasteiger partial charge in [0, 0.05) is 17.5 Å². The van der Waals surface area contributed by atoms with Gasteiger partial charge >= 0.3 is 0 Å². The van der Waals surface area contributed by atoms with Crippen molar-refractivity contribution < 1.29 is 8.81 Å². The van der Waals surface area contributed by atoms with Crippen LogP contribution in [0.25, 0.3) is 11.0 Å². The number of halogens is 2. The summed E-state index contributed by atoms with van der Waals surface area (Å²) in [6, 6.07) is 13.8. The summed E-state index contributed by atoms with van der Waals surface area (Å²) in [5, 5.41) is 13.2. The Morgan fingerprint density at radius 1 is 1.19 bits per heavy atom. The average molecular weight is 301 g/mol. The molecule has 3 rings (SSSR count). The molecular weight excluding hydrogens is 291 g/mol. The molecule has 1 N–H and O–H groups in total. The number of rotatable bonds is 3.